The van der Waals surface area contributed by atoms with E-state index in [0.717, 1.165) is 19.3 Å². The Balaban J connectivity index is 0.000000203. The molecule has 1 N–H and O–H groups in total. The first-order chi connectivity index (χ1) is 11.0. The second kappa shape index (κ2) is 8.44. The first-order valence-electron chi connectivity index (χ1n) is 7.60. The molecular weight excluding hydrogens is 324 g/mol. The van der Waals surface area contributed by atoms with Crippen LogP contribution < -0.4 is 0 Å². The average molecular weight is 346 g/mol. The highest BCUT2D eigenvalue weighted by molar-refractivity contribution is 7.86. The summed E-state index contributed by atoms with van der Waals surface area (Å²) < 4.78 is 37.1. The van der Waals surface area contributed by atoms with E-state index in [1.54, 1.807) is 8.61 Å². The van der Waals surface area contributed by atoms with Gasteiger partial charge in [-0.25, -0.2) is 4.79 Å². The lowest BCUT2D eigenvalue weighted by Crippen LogP contribution is -2.49. The summed E-state index contributed by atoms with van der Waals surface area (Å²) in [5, 5.41) is 8.21. The summed E-state index contributed by atoms with van der Waals surface area (Å²) >= 11 is 0. The van der Waals surface area contributed by atoms with Crippen LogP contribution in [0.1, 0.15) is 29.6 Å². The monoisotopic (exact) mass is 346 g/mol. The van der Waals surface area contributed by atoms with E-state index in [-0.39, 0.29) is 5.56 Å². The van der Waals surface area contributed by atoms with Crippen molar-refractivity contribution in [2.75, 3.05) is 39.4 Å². The zero-order valence-electron chi connectivity index (χ0n) is 12.9. The van der Waals surface area contributed by atoms with Crippen LogP contribution in [0.25, 0.3) is 0 Å². The standard InChI is InChI=1S/C9H18N2O3S.C5H4O3/c12-15(13,10-4-2-1-3-5-10)11-6-8-14-9-7-11;6-5(7)4-1-2-8-3-4/h1-9H2;1-3H,(H,6,7). The molecule has 9 heteroatoms. The van der Waals surface area contributed by atoms with Crippen molar-refractivity contribution in [3.63, 3.8) is 0 Å². The van der Waals surface area contributed by atoms with E-state index in [2.05, 4.69) is 4.42 Å². The van der Waals surface area contributed by atoms with Crippen molar-refractivity contribution in [2.45, 2.75) is 19.3 Å². The number of hydrogen-bond acceptors (Lipinski definition) is 5. The molecule has 0 unspecified atom stereocenters. The molecule has 2 aliphatic rings. The largest absolute Gasteiger partial charge is 0.478 e. The molecule has 23 heavy (non-hydrogen) atoms. The van der Waals surface area contributed by atoms with E-state index < -0.39 is 16.2 Å². The Labute approximate surface area is 135 Å². The van der Waals surface area contributed by atoms with E-state index >= 15 is 0 Å². The lowest BCUT2D eigenvalue weighted by molar-refractivity contribution is 0.0696. The lowest BCUT2D eigenvalue weighted by atomic mass is 10.2. The van der Waals surface area contributed by atoms with Gasteiger partial charge in [-0.05, 0) is 18.9 Å². The van der Waals surface area contributed by atoms with Crippen molar-refractivity contribution >= 4 is 16.2 Å². The van der Waals surface area contributed by atoms with Gasteiger partial charge in [0.2, 0.25) is 0 Å². The van der Waals surface area contributed by atoms with E-state index in [4.69, 9.17) is 9.84 Å². The van der Waals surface area contributed by atoms with Crippen molar-refractivity contribution in [2.24, 2.45) is 0 Å². The number of ether oxygens (including phenoxy) is 1. The molecule has 0 bridgehead atoms. The third-order valence-corrected chi connectivity index (χ3v) is 5.74. The fraction of sp³-hybridized carbons (Fsp3) is 0.643. The summed E-state index contributed by atoms with van der Waals surface area (Å²) in [5.41, 5.74) is 0.185. The van der Waals surface area contributed by atoms with Crippen LogP contribution in [0.15, 0.2) is 23.0 Å². The topological polar surface area (TPSA) is 100 Å². The summed E-state index contributed by atoms with van der Waals surface area (Å²) in [6, 6.07) is 1.39. The molecule has 0 spiro atoms. The van der Waals surface area contributed by atoms with Gasteiger partial charge in [-0.3, -0.25) is 0 Å². The highest BCUT2D eigenvalue weighted by Crippen LogP contribution is 2.17. The van der Waals surface area contributed by atoms with Gasteiger partial charge in [0.1, 0.15) is 6.26 Å². The summed E-state index contributed by atoms with van der Waals surface area (Å²) in [4.78, 5) is 10.0. The van der Waals surface area contributed by atoms with Crippen molar-refractivity contribution in [3.05, 3.63) is 24.2 Å². The number of morpholine rings is 1. The Morgan fingerprint density at radius 3 is 2.13 bits per heavy atom. The maximum absolute atomic E-state index is 12.1. The molecule has 0 radical (unpaired) electrons. The number of nitrogens with zero attached hydrogens (tertiary/aromatic N) is 2. The van der Waals surface area contributed by atoms with Crippen molar-refractivity contribution in [3.8, 4) is 0 Å². The molecule has 0 saturated carbocycles. The minimum absolute atomic E-state index is 0.185. The number of carbonyl (C=O) groups is 1. The molecule has 0 amide bonds. The lowest BCUT2D eigenvalue weighted by Gasteiger charge is -2.33. The minimum Gasteiger partial charge on any atom is -0.478 e. The van der Waals surface area contributed by atoms with Crippen LogP contribution in [0.4, 0.5) is 0 Å². The Kier molecular flexibility index (Phi) is 6.58. The molecule has 1 aromatic rings. The van der Waals surface area contributed by atoms with Crippen molar-refractivity contribution in [1.29, 1.82) is 0 Å². The van der Waals surface area contributed by atoms with Crippen LogP contribution >= 0.6 is 0 Å². The normalized spacial score (nSPS) is 20.5. The molecule has 2 saturated heterocycles. The van der Waals surface area contributed by atoms with Crippen LogP contribution in [0.5, 0.6) is 0 Å². The van der Waals surface area contributed by atoms with Gasteiger partial charge in [-0.1, -0.05) is 6.42 Å². The van der Waals surface area contributed by atoms with Gasteiger partial charge >= 0.3 is 5.97 Å². The zero-order chi connectivity index (χ0) is 16.7. The van der Waals surface area contributed by atoms with E-state index in [0.29, 0.717) is 39.4 Å². The fourth-order valence-electron chi connectivity index (χ4n) is 2.42. The first-order valence-corrected chi connectivity index (χ1v) is 9.00. The summed E-state index contributed by atoms with van der Waals surface area (Å²) in [6.45, 7) is 3.40. The smallest absolute Gasteiger partial charge is 0.338 e. The molecule has 8 nitrogen and oxygen atoms in total. The Morgan fingerprint density at radius 1 is 1.04 bits per heavy atom. The molecule has 3 rings (SSSR count). The number of furan rings is 1. The zero-order valence-corrected chi connectivity index (χ0v) is 13.7. The SMILES string of the molecule is O=C(O)c1ccoc1.O=S(=O)(N1CCCCC1)N1CCOCC1. The summed E-state index contributed by atoms with van der Waals surface area (Å²) in [5.74, 6) is -0.959. The van der Waals surface area contributed by atoms with E-state index in [9.17, 15) is 13.2 Å². The third kappa shape index (κ3) is 5.03. The highest BCUT2D eigenvalue weighted by Gasteiger charge is 2.31. The quantitative estimate of drug-likeness (QED) is 0.877. The van der Waals surface area contributed by atoms with E-state index in [1.165, 1.54) is 18.6 Å². The van der Waals surface area contributed by atoms with Gasteiger partial charge in [0.15, 0.2) is 0 Å². The highest BCUT2D eigenvalue weighted by atomic mass is 32.2. The van der Waals surface area contributed by atoms with Gasteiger partial charge in [-0.15, -0.1) is 0 Å². The van der Waals surface area contributed by atoms with Crippen LogP contribution in [-0.4, -0.2) is 67.5 Å². The van der Waals surface area contributed by atoms with Crippen molar-refractivity contribution in [1.82, 2.24) is 8.61 Å². The number of hydrogen-bond donors (Lipinski definition) is 1. The van der Waals surface area contributed by atoms with Crippen LogP contribution in [0, 0.1) is 0 Å². The van der Waals surface area contributed by atoms with Gasteiger partial charge < -0.3 is 14.3 Å². The Morgan fingerprint density at radius 2 is 1.65 bits per heavy atom. The van der Waals surface area contributed by atoms with Crippen molar-refractivity contribution < 1.29 is 27.5 Å². The molecule has 0 atom stereocenters. The Bertz CT molecular complexity index is 550. The maximum atomic E-state index is 12.1. The van der Waals surface area contributed by atoms with Crippen LogP contribution in [0.3, 0.4) is 0 Å². The molecular formula is C14H22N2O6S. The maximum Gasteiger partial charge on any atom is 0.338 e. The van der Waals surface area contributed by atoms with Gasteiger partial charge in [-0.2, -0.15) is 17.0 Å². The first kappa shape index (κ1) is 17.9. The van der Waals surface area contributed by atoms with E-state index in [1.807, 2.05) is 0 Å². The number of piperidine rings is 1. The fourth-order valence-corrected chi connectivity index (χ4v) is 4.08. The third-order valence-electron chi connectivity index (χ3n) is 3.71. The summed E-state index contributed by atoms with van der Waals surface area (Å²) in [6.07, 6.45) is 5.63. The Hall–Kier alpha value is -1.42. The molecule has 2 aliphatic heterocycles. The van der Waals surface area contributed by atoms with Gasteiger partial charge in [0.05, 0.1) is 25.0 Å². The molecule has 0 aliphatic carbocycles. The van der Waals surface area contributed by atoms with Gasteiger partial charge in [0.25, 0.3) is 10.2 Å². The molecule has 0 aromatic carbocycles. The minimum atomic E-state index is -3.20. The second-order valence-electron chi connectivity index (χ2n) is 5.30. The van der Waals surface area contributed by atoms with Crippen LogP contribution in [-0.2, 0) is 14.9 Å². The molecule has 2 fully saturated rings. The number of rotatable bonds is 3. The van der Waals surface area contributed by atoms with Crippen LogP contribution in [0.2, 0.25) is 0 Å². The number of carboxylic acid groups (broad SMARTS) is 1. The van der Waals surface area contributed by atoms with Gasteiger partial charge in [0, 0.05) is 26.2 Å². The molecule has 130 valence electrons. The number of aromatic carboxylic acids is 1. The second-order valence-corrected chi connectivity index (χ2v) is 7.22. The predicted molar refractivity (Wildman–Crippen MR) is 82.4 cm³/mol. The predicted octanol–water partition coefficient (Wildman–Crippen LogP) is 1.03. The molecule has 3 heterocycles. The summed E-state index contributed by atoms with van der Waals surface area (Å²) in [7, 11) is -3.20. The number of carboxylic acids is 1. The average Bonchev–Trinajstić information content (AvgIpc) is 3.12. The molecule has 1 aromatic heterocycles.